The molecule has 1 aromatic rings. The third-order valence-corrected chi connectivity index (χ3v) is 3.28. The number of hydrogen-bond donors (Lipinski definition) is 1. The van der Waals surface area contributed by atoms with E-state index in [9.17, 15) is 9.90 Å². The number of halogens is 1. The zero-order chi connectivity index (χ0) is 9.47. The summed E-state index contributed by atoms with van der Waals surface area (Å²) in [6.07, 6.45) is 1.88. The maximum Gasteiger partial charge on any atom is 0.156 e. The van der Waals surface area contributed by atoms with Gasteiger partial charge in [0.1, 0.15) is 5.60 Å². The molecule has 68 valence electrons. The van der Waals surface area contributed by atoms with Crippen molar-refractivity contribution in [3.05, 3.63) is 33.8 Å². The normalized spacial score (nSPS) is 25.7. The molecule has 1 aliphatic carbocycles. The molecular weight excluding hydrogens is 232 g/mol. The minimum atomic E-state index is -1.25. The molecular formula is C10H9BrO2. The molecule has 0 aromatic heterocycles. The second-order valence-corrected chi connectivity index (χ2v) is 4.16. The van der Waals surface area contributed by atoms with Crippen LogP contribution in [0, 0.1) is 0 Å². The molecule has 13 heavy (non-hydrogen) atoms. The molecule has 1 unspecified atom stereocenters. The Labute approximate surface area is 84.7 Å². The molecule has 0 saturated carbocycles. The van der Waals surface area contributed by atoms with Gasteiger partial charge in [0, 0.05) is 4.47 Å². The maximum absolute atomic E-state index is 10.7. The summed E-state index contributed by atoms with van der Waals surface area (Å²) < 4.78 is 0.975. The van der Waals surface area contributed by atoms with E-state index in [-0.39, 0.29) is 0 Å². The van der Waals surface area contributed by atoms with Crippen LogP contribution in [0.1, 0.15) is 17.5 Å². The zero-order valence-electron chi connectivity index (χ0n) is 6.96. The highest BCUT2D eigenvalue weighted by molar-refractivity contribution is 9.10. The Morgan fingerprint density at radius 2 is 2.31 bits per heavy atom. The molecule has 2 rings (SSSR count). The molecule has 2 nitrogen and oxygen atoms in total. The van der Waals surface area contributed by atoms with Gasteiger partial charge < -0.3 is 5.11 Å². The predicted octanol–water partition coefficient (Wildman–Crippen LogP) is 1.78. The Morgan fingerprint density at radius 1 is 1.54 bits per heavy atom. The van der Waals surface area contributed by atoms with Crippen LogP contribution in [0.4, 0.5) is 0 Å². The van der Waals surface area contributed by atoms with E-state index in [1.807, 2.05) is 18.2 Å². The van der Waals surface area contributed by atoms with E-state index in [1.54, 1.807) is 0 Å². The van der Waals surface area contributed by atoms with Crippen LogP contribution < -0.4 is 0 Å². The summed E-state index contributed by atoms with van der Waals surface area (Å²) >= 11 is 3.40. The van der Waals surface area contributed by atoms with Crippen LogP contribution in [0.5, 0.6) is 0 Å². The quantitative estimate of drug-likeness (QED) is 0.761. The van der Waals surface area contributed by atoms with E-state index in [2.05, 4.69) is 15.9 Å². The first-order valence-corrected chi connectivity index (χ1v) is 4.93. The van der Waals surface area contributed by atoms with Crippen molar-refractivity contribution in [2.45, 2.75) is 18.4 Å². The summed E-state index contributed by atoms with van der Waals surface area (Å²) in [6, 6.07) is 5.57. The van der Waals surface area contributed by atoms with Crippen LogP contribution in [-0.2, 0) is 16.8 Å². The lowest BCUT2D eigenvalue weighted by Crippen LogP contribution is -2.23. The van der Waals surface area contributed by atoms with Gasteiger partial charge in [0.2, 0.25) is 0 Å². The number of carbonyl (C=O) groups is 1. The third-order valence-electron chi connectivity index (χ3n) is 2.54. The minimum Gasteiger partial charge on any atom is -0.378 e. The number of carbonyl (C=O) groups excluding carboxylic acids is 1. The molecule has 1 N–H and O–H groups in total. The second-order valence-electron chi connectivity index (χ2n) is 3.31. The van der Waals surface area contributed by atoms with Crippen molar-refractivity contribution in [1.29, 1.82) is 0 Å². The second kappa shape index (κ2) is 2.93. The molecule has 0 saturated heterocycles. The van der Waals surface area contributed by atoms with Gasteiger partial charge >= 0.3 is 0 Å². The molecule has 1 aromatic carbocycles. The number of benzene rings is 1. The van der Waals surface area contributed by atoms with E-state index in [0.29, 0.717) is 12.7 Å². The van der Waals surface area contributed by atoms with Gasteiger partial charge in [0.15, 0.2) is 6.29 Å². The Bertz CT molecular complexity index is 362. The van der Waals surface area contributed by atoms with Gasteiger partial charge in [-0.15, -0.1) is 0 Å². The Kier molecular flexibility index (Phi) is 2.00. The van der Waals surface area contributed by atoms with Crippen LogP contribution in [0.3, 0.4) is 0 Å². The smallest absolute Gasteiger partial charge is 0.156 e. The fraction of sp³-hybridized carbons (Fsp3) is 0.300. The van der Waals surface area contributed by atoms with Crippen molar-refractivity contribution in [2.75, 3.05) is 0 Å². The van der Waals surface area contributed by atoms with E-state index in [0.717, 1.165) is 22.0 Å². The van der Waals surface area contributed by atoms with Crippen molar-refractivity contribution >= 4 is 22.2 Å². The molecule has 1 atom stereocenters. The molecule has 1 aliphatic rings. The van der Waals surface area contributed by atoms with Crippen molar-refractivity contribution in [1.82, 2.24) is 0 Å². The van der Waals surface area contributed by atoms with Crippen molar-refractivity contribution in [3.8, 4) is 0 Å². The Hall–Kier alpha value is -0.670. The Morgan fingerprint density at radius 3 is 3.00 bits per heavy atom. The predicted molar refractivity (Wildman–Crippen MR) is 52.4 cm³/mol. The highest BCUT2D eigenvalue weighted by Crippen LogP contribution is 2.38. The lowest BCUT2D eigenvalue weighted by molar-refractivity contribution is -0.124. The number of hydrogen-bond acceptors (Lipinski definition) is 2. The van der Waals surface area contributed by atoms with Gasteiger partial charge in [-0.25, -0.2) is 0 Å². The lowest BCUT2D eigenvalue weighted by atomic mass is 9.98. The topological polar surface area (TPSA) is 37.3 Å². The monoisotopic (exact) mass is 240 g/mol. The lowest BCUT2D eigenvalue weighted by Gasteiger charge is -2.15. The molecule has 0 bridgehead atoms. The van der Waals surface area contributed by atoms with Crippen molar-refractivity contribution < 1.29 is 9.90 Å². The third kappa shape index (κ3) is 1.23. The first-order valence-electron chi connectivity index (χ1n) is 4.14. The summed E-state index contributed by atoms with van der Waals surface area (Å²) in [5.41, 5.74) is 0.549. The van der Waals surface area contributed by atoms with E-state index >= 15 is 0 Å². The van der Waals surface area contributed by atoms with Crippen molar-refractivity contribution in [3.63, 3.8) is 0 Å². The molecule has 0 fully saturated rings. The zero-order valence-corrected chi connectivity index (χ0v) is 8.54. The summed E-state index contributed by atoms with van der Waals surface area (Å²) in [6.45, 7) is 0. The number of aliphatic hydroxyl groups is 1. The van der Waals surface area contributed by atoms with Crippen LogP contribution in [0.2, 0.25) is 0 Å². The van der Waals surface area contributed by atoms with E-state index in [4.69, 9.17) is 0 Å². The summed E-state index contributed by atoms with van der Waals surface area (Å²) in [5, 5.41) is 9.89. The van der Waals surface area contributed by atoms with Gasteiger partial charge in [-0.1, -0.05) is 28.1 Å². The van der Waals surface area contributed by atoms with Crippen molar-refractivity contribution in [2.24, 2.45) is 0 Å². The molecule has 3 heteroatoms. The van der Waals surface area contributed by atoms with E-state index in [1.165, 1.54) is 0 Å². The van der Waals surface area contributed by atoms with Gasteiger partial charge in [-0.05, 0) is 30.0 Å². The summed E-state index contributed by atoms with van der Waals surface area (Å²) in [5.74, 6) is 0. The van der Waals surface area contributed by atoms with Gasteiger partial charge in [0.25, 0.3) is 0 Å². The van der Waals surface area contributed by atoms with Crippen LogP contribution in [0.25, 0.3) is 0 Å². The molecule has 0 aliphatic heterocycles. The highest BCUT2D eigenvalue weighted by atomic mass is 79.9. The van der Waals surface area contributed by atoms with Crippen LogP contribution >= 0.6 is 15.9 Å². The highest BCUT2D eigenvalue weighted by Gasteiger charge is 2.36. The number of aldehydes is 1. The summed E-state index contributed by atoms with van der Waals surface area (Å²) in [4.78, 5) is 10.7. The average Bonchev–Trinajstić information content (AvgIpc) is 2.47. The first-order chi connectivity index (χ1) is 6.17. The number of fused-ring (bicyclic) bond motifs is 1. The molecule has 0 heterocycles. The van der Waals surface area contributed by atoms with Crippen LogP contribution in [0.15, 0.2) is 22.7 Å². The fourth-order valence-corrected chi connectivity index (χ4v) is 2.36. The van der Waals surface area contributed by atoms with Crippen LogP contribution in [-0.4, -0.2) is 11.4 Å². The molecule has 0 radical (unpaired) electrons. The molecule has 0 amide bonds. The summed E-state index contributed by atoms with van der Waals surface area (Å²) in [7, 11) is 0. The van der Waals surface area contributed by atoms with Gasteiger partial charge in [-0.3, -0.25) is 4.79 Å². The van der Waals surface area contributed by atoms with Gasteiger partial charge in [0.05, 0.1) is 0 Å². The van der Waals surface area contributed by atoms with E-state index < -0.39 is 5.60 Å². The number of rotatable bonds is 1. The Balaban J connectivity index is 2.61. The standard InChI is InChI=1S/C10H9BrO2/c11-9-3-1-2-8-7(9)4-5-10(8,13)6-12/h1-3,6,13H,4-5H2. The minimum absolute atomic E-state index is 0.494. The van der Waals surface area contributed by atoms with Gasteiger partial charge in [-0.2, -0.15) is 0 Å². The average molecular weight is 241 g/mol. The molecule has 0 spiro atoms. The fourth-order valence-electron chi connectivity index (χ4n) is 1.79. The largest absolute Gasteiger partial charge is 0.378 e. The maximum atomic E-state index is 10.7. The first kappa shape index (κ1) is 8.91. The SMILES string of the molecule is O=CC1(O)CCc2c(Br)cccc21.